The van der Waals surface area contributed by atoms with Crippen LogP contribution in [-0.4, -0.2) is 28.5 Å². The maximum Gasteiger partial charge on any atom is 0.307 e. The number of halogens is 2. The summed E-state index contributed by atoms with van der Waals surface area (Å²) in [4.78, 5) is 22.3. The number of carboxylic acid groups (broad SMARTS) is 1. The lowest BCUT2D eigenvalue weighted by atomic mass is 10.2. The van der Waals surface area contributed by atoms with Crippen LogP contribution in [-0.2, 0) is 9.59 Å². The van der Waals surface area contributed by atoms with E-state index >= 15 is 0 Å². The summed E-state index contributed by atoms with van der Waals surface area (Å²) in [5.74, 6) is -0.925. The average Bonchev–Trinajstić information content (AvgIpc) is 2.32. The highest BCUT2D eigenvalue weighted by atomic mass is 79.9. The zero-order valence-electron chi connectivity index (χ0n) is 10.2. The standard InChI is InChI=1S/C12H13BrClNO3S/c1-7(12(17)18)5-19-6-11(16)15-10-3-2-8(13)4-9(10)14/h2-4,7H,5-6H2,1H3,(H,15,16)(H,17,18). The molecule has 1 aromatic rings. The highest BCUT2D eigenvalue weighted by Crippen LogP contribution is 2.25. The molecule has 0 bridgehead atoms. The van der Waals surface area contributed by atoms with E-state index in [9.17, 15) is 9.59 Å². The summed E-state index contributed by atoms with van der Waals surface area (Å²) < 4.78 is 0.833. The number of thioether (sulfide) groups is 1. The predicted molar refractivity (Wildman–Crippen MR) is 81.9 cm³/mol. The maximum absolute atomic E-state index is 11.7. The number of benzene rings is 1. The van der Waals surface area contributed by atoms with Gasteiger partial charge in [0.2, 0.25) is 5.91 Å². The lowest BCUT2D eigenvalue weighted by Crippen LogP contribution is -2.17. The first-order valence-corrected chi connectivity index (χ1v) is 7.78. The number of rotatable bonds is 6. The first kappa shape index (κ1) is 16.3. The van der Waals surface area contributed by atoms with Gasteiger partial charge in [-0.25, -0.2) is 0 Å². The molecule has 0 spiro atoms. The number of nitrogens with one attached hydrogen (secondary N) is 1. The summed E-state index contributed by atoms with van der Waals surface area (Å²) >= 11 is 10.5. The van der Waals surface area contributed by atoms with Crippen LogP contribution in [0.15, 0.2) is 22.7 Å². The average molecular weight is 367 g/mol. The van der Waals surface area contributed by atoms with E-state index < -0.39 is 11.9 Å². The van der Waals surface area contributed by atoms with E-state index in [1.807, 2.05) is 0 Å². The molecule has 1 rings (SSSR count). The Balaban J connectivity index is 2.41. The number of hydrogen-bond acceptors (Lipinski definition) is 3. The van der Waals surface area contributed by atoms with Crippen LogP contribution in [0.5, 0.6) is 0 Å². The molecule has 104 valence electrons. The SMILES string of the molecule is CC(CSCC(=O)Nc1ccc(Br)cc1Cl)C(=O)O. The highest BCUT2D eigenvalue weighted by Gasteiger charge is 2.12. The number of carbonyl (C=O) groups is 2. The Morgan fingerprint density at radius 3 is 2.79 bits per heavy atom. The Morgan fingerprint density at radius 2 is 2.21 bits per heavy atom. The molecule has 7 heteroatoms. The van der Waals surface area contributed by atoms with Gasteiger partial charge in [-0.1, -0.05) is 34.5 Å². The molecule has 1 atom stereocenters. The zero-order chi connectivity index (χ0) is 14.4. The number of carbonyl (C=O) groups excluding carboxylic acids is 1. The number of aliphatic carboxylic acids is 1. The van der Waals surface area contributed by atoms with Crippen LogP contribution in [0.25, 0.3) is 0 Å². The number of hydrogen-bond donors (Lipinski definition) is 2. The fourth-order valence-corrected chi connectivity index (χ4v) is 2.77. The first-order chi connectivity index (χ1) is 8.90. The van der Waals surface area contributed by atoms with Gasteiger partial charge in [0.1, 0.15) is 0 Å². The molecule has 1 amide bonds. The number of amides is 1. The summed E-state index contributed by atoms with van der Waals surface area (Å²) in [7, 11) is 0. The van der Waals surface area contributed by atoms with Crippen molar-refractivity contribution in [3.63, 3.8) is 0 Å². The molecule has 0 heterocycles. The van der Waals surface area contributed by atoms with Gasteiger partial charge in [0.25, 0.3) is 0 Å². The third kappa shape index (κ3) is 5.84. The second kappa shape index (κ2) is 7.77. The molecule has 0 saturated heterocycles. The van der Waals surface area contributed by atoms with E-state index in [0.717, 1.165) is 4.47 Å². The fraction of sp³-hybridized carbons (Fsp3) is 0.333. The molecule has 0 radical (unpaired) electrons. The molecule has 1 aromatic carbocycles. The third-order valence-corrected chi connectivity index (χ3v) is 4.24. The van der Waals surface area contributed by atoms with E-state index in [1.54, 1.807) is 25.1 Å². The van der Waals surface area contributed by atoms with E-state index in [2.05, 4.69) is 21.2 Å². The van der Waals surface area contributed by atoms with Gasteiger partial charge in [-0.3, -0.25) is 9.59 Å². The van der Waals surface area contributed by atoms with E-state index in [-0.39, 0.29) is 11.7 Å². The lowest BCUT2D eigenvalue weighted by molar-refractivity contribution is -0.140. The number of carboxylic acids is 1. The van der Waals surface area contributed by atoms with Gasteiger partial charge < -0.3 is 10.4 Å². The van der Waals surface area contributed by atoms with Gasteiger partial charge in [0.15, 0.2) is 0 Å². The normalized spacial score (nSPS) is 11.9. The molecule has 19 heavy (non-hydrogen) atoms. The largest absolute Gasteiger partial charge is 0.481 e. The first-order valence-electron chi connectivity index (χ1n) is 5.45. The molecule has 0 fully saturated rings. The summed E-state index contributed by atoms with van der Waals surface area (Å²) in [5, 5.41) is 11.8. The van der Waals surface area contributed by atoms with Crippen LogP contribution in [0.3, 0.4) is 0 Å². The zero-order valence-corrected chi connectivity index (χ0v) is 13.3. The van der Waals surface area contributed by atoms with Crippen molar-refractivity contribution in [2.45, 2.75) is 6.92 Å². The highest BCUT2D eigenvalue weighted by molar-refractivity contribution is 9.10. The number of anilines is 1. The van der Waals surface area contributed by atoms with Crippen molar-refractivity contribution in [3.05, 3.63) is 27.7 Å². The molecular weight excluding hydrogens is 354 g/mol. The van der Waals surface area contributed by atoms with Crippen LogP contribution >= 0.6 is 39.3 Å². The van der Waals surface area contributed by atoms with E-state index in [4.69, 9.17) is 16.7 Å². The maximum atomic E-state index is 11.7. The Hall–Kier alpha value is -0.720. The fourth-order valence-electron chi connectivity index (χ4n) is 1.18. The van der Waals surface area contributed by atoms with Crippen molar-refractivity contribution in [2.24, 2.45) is 5.92 Å². The van der Waals surface area contributed by atoms with Crippen LogP contribution in [0.1, 0.15) is 6.92 Å². The van der Waals surface area contributed by atoms with Gasteiger partial charge in [-0.05, 0) is 18.2 Å². The Morgan fingerprint density at radius 1 is 1.53 bits per heavy atom. The molecule has 1 unspecified atom stereocenters. The van der Waals surface area contributed by atoms with Crippen LogP contribution in [0.2, 0.25) is 5.02 Å². The second-order valence-electron chi connectivity index (χ2n) is 3.93. The second-order valence-corrected chi connectivity index (χ2v) is 6.28. The summed E-state index contributed by atoms with van der Waals surface area (Å²) in [6.45, 7) is 1.61. The summed E-state index contributed by atoms with van der Waals surface area (Å²) in [6.07, 6.45) is 0. The molecule has 2 N–H and O–H groups in total. The van der Waals surface area contributed by atoms with Crippen molar-refractivity contribution in [3.8, 4) is 0 Å². The lowest BCUT2D eigenvalue weighted by Gasteiger charge is -2.08. The molecule has 0 aliphatic heterocycles. The third-order valence-electron chi connectivity index (χ3n) is 2.23. The molecule has 4 nitrogen and oxygen atoms in total. The van der Waals surface area contributed by atoms with Gasteiger partial charge in [-0.15, -0.1) is 0 Å². The van der Waals surface area contributed by atoms with Crippen LogP contribution < -0.4 is 5.32 Å². The minimum Gasteiger partial charge on any atom is -0.481 e. The van der Waals surface area contributed by atoms with Gasteiger partial charge in [0, 0.05) is 10.2 Å². The minimum atomic E-state index is -0.858. The van der Waals surface area contributed by atoms with Gasteiger partial charge in [-0.2, -0.15) is 11.8 Å². The van der Waals surface area contributed by atoms with Crippen LogP contribution in [0, 0.1) is 5.92 Å². The van der Waals surface area contributed by atoms with Gasteiger partial charge in [0.05, 0.1) is 22.4 Å². The molecule has 0 aromatic heterocycles. The Kier molecular flexibility index (Phi) is 6.68. The van der Waals surface area contributed by atoms with Gasteiger partial charge >= 0.3 is 5.97 Å². The summed E-state index contributed by atoms with van der Waals surface area (Å²) in [5.41, 5.74) is 0.543. The predicted octanol–water partition coefficient (Wildman–Crippen LogP) is 3.49. The van der Waals surface area contributed by atoms with Crippen molar-refractivity contribution < 1.29 is 14.7 Å². The van der Waals surface area contributed by atoms with E-state index in [0.29, 0.717) is 16.5 Å². The quantitative estimate of drug-likeness (QED) is 0.809. The molecule has 0 aliphatic rings. The van der Waals surface area contributed by atoms with Crippen molar-refractivity contribution in [1.82, 2.24) is 0 Å². The monoisotopic (exact) mass is 365 g/mol. The van der Waals surface area contributed by atoms with Crippen molar-refractivity contribution >= 4 is 56.9 Å². The summed E-state index contributed by atoms with van der Waals surface area (Å²) in [6, 6.07) is 5.17. The van der Waals surface area contributed by atoms with Crippen molar-refractivity contribution in [1.29, 1.82) is 0 Å². The Labute approximate surface area is 129 Å². The molecular formula is C12H13BrClNO3S. The molecule has 0 aliphatic carbocycles. The van der Waals surface area contributed by atoms with Crippen molar-refractivity contribution in [2.75, 3.05) is 16.8 Å². The minimum absolute atomic E-state index is 0.198. The van der Waals surface area contributed by atoms with E-state index in [1.165, 1.54) is 11.8 Å². The topological polar surface area (TPSA) is 66.4 Å². The smallest absolute Gasteiger partial charge is 0.307 e. The van der Waals surface area contributed by atoms with Crippen LogP contribution in [0.4, 0.5) is 5.69 Å². The Bertz CT molecular complexity index is 484. The molecule has 0 saturated carbocycles.